The third-order valence-corrected chi connectivity index (χ3v) is 4.69. The lowest BCUT2D eigenvalue weighted by Gasteiger charge is -2.21. The number of aromatic nitrogens is 4. The van der Waals surface area contributed by atoms with E-state index in [0.717, 1.165) is 12.0 Å². The quantitative estimate of drug-likeness (QED) is 0.732. The van der Waals surface area contributed by atoms with Gasteiger partial charge in [-0.15, -0.1) is 0 Å². The van der Waals surface area contributed by atoms with Crippen molar-refractivity contribution in [3.8, 4) is 5.82 Å². The summed E-state index contributed by atoms with van der Waals surface area (Å²) in [5, 5.41) is 11.0. The van der Waals surface area contributed by atoms with Gasteiger partial charge in [-0.2, -0.15) is 4.98 Å². The van der Waals surface area contributed by atoms with Crippen LogP contribution in [0.15, 0.2) is 24.5 Å². The zero-order valence-corrected chi connectivity index (χ0v) is 13.2. The third-order valence-electron chi connectivity index (χ3n) is 4.51. The van der Waals surface area contributed by atoms with Crippen molar-refractivity contribution < 1.29 is 9.50 Å². The lowest BCUT2D eigenvalue weighted by atomic mass is 9.98. The molecule has 1 aliphatic carbocycles. The van der Waals surface area contributed by atoms with E-state index in [4.69, 9.17) is 11.6 Å². The summed E-state index contributed by atoms with van der Waals surface area (Å²) in [6.07, 6.45) is 4.70. The Morgan fingerprint density at radius 1 is 1.39 bits per heavy atom. The molecule has 0 aromatic carbocycles. The van der Waals surface area contributed by atoms with E-state index in [-0.39, 0.29) is 10.7 Å². The maximum Gasteiger partial charge on any atom is 0.224 e. The molecule has 1 aliphatic rings. The van der Waals surface area contributed by atoms with Crippen molar-refractivity contribution in [1.82, 2.24) is 19.5 Å². The van der Waals surface area contributed by atoms with Crippen molar-refractivity contribution in [3.63, 3.8) is 0 Å². The van der Waals surface area contributed by atoms with Crippen molar-refractivity contribution in [2.75, 3.05) is 0 Å². The molecule has 0 saturated heterocycles. The van der Waals surface area contributed by atoms with Crippen LogP contribution in [0, 0.1) is 5.82 Å². The number of hydrogen-bond acceptors (Lipinski definition) is 4. The molecular weight excluding hydrogens is 319 g/mol. The fourth-order valence-electron chi connectivity index (χ4n) is 3.14. The molecule has 0 amide bonds. The Balaban J connectivity index is 1.93. The predicted octanol–water partition coefficient (Wildman–Crippen LogP) is 3.15. The summed E-state index contributed by atoms with van der Waals surface area (Å²) < 4.78 is 15.6. The van der Waals surface area contributed by atoms with Crippen LogP contribution in [0.3, 0.4) is 0 Å². The monoisotopic (exact) mass is 332 g/mol. The van der Waals surface area contributed by atoms with E-state index in [1.807, 2.05) is 13.0 Å². The summed E-state index contributed by atoms with van der Waals surface area (Å²) in [5.41, 5.74) is 1.13. The maximum absolute atomic E-state index is 14.1. The number of hydrogen-bond donors (Lipinski definition) is 1. The molecule has 1 atom stereocenters. The summed E-state index contributed by atoms with van der Waals surface area (Å²) >= 11 is 5.83. The number of halogens is 2. The van der Waals surface area contributed by atoms with Crippen molar-refractivity contribution >= 4 is 22.6 Å². The molecular formula is C16H14ClFN4O. The van der Waals surface area contributed by atoms with E-state index < -0.39 is 11.4 Å². The Morgan fingerprint density at radius 2 is 2.22 bits per heavy atom. The third kappa shape index (κ3) is 2.13. The molecule has 5 nitrogen and oxygen atoms in total. The summed E-state index contributed by atoms with van der Waals surface area (Å²) in [5.74, 6) is 0.0610. The van der Waals surface area contributed by atoms with Crippen molar-refractivity contribution in [1.29, 1.82) is 0 Å². The van der Waals surface area contributed by atoms with Gasteiger partial charge in [0, 0.05) is 12.4 Å². The van der Waals surface area contributed by atoms with Crippen LogP contribution < -0.4 is 0 Å². The Bertz CT molecular complexity index is 926. The van der Waals surface area contributed by atoms with Crippen molar-refractivity contribution in [2.24, 2.45) is 0 Å². The van der Waals surface area contributed by atoms with Gasteiger partial charge in [-0.25, -0.2) is 14.4 Å². The molecule has 23 heavy (non-hydrogen) atoms. The molecule has 3 heterocycles. The van der Waals surface area contributed by atoms with Gasteiger partial charge in [-0.3, -0.25) is 4.57 Å². The van der Waals surface area contributed by atoms with E-state index in [1.165, 1.54) is 17.0 Å². The molecule has 1 N–H and O–H groups in total. The molecule has 0 spiro atoms. The Kier molecular flexibility index (Phi) is 3.14. The fourth-order valence-corrected chi connectivity index (χ4v) is 3.27. The van der Waals surface area contributed by atoms with Gasteiger partial charge >= 0.3 is 0 Å². The maximum atomic E-state index is 14.1. The second kappa shape index (κ2) is 4.97. The number of aryl methyl sites for hydroxylation is 1. The van der Waals surface area contributed by atoms with Crippen LogP contribution in [0.25, 0.3) is 16.9 Å². The van der Waals surface area contributed by atoms with Crippen molar-refractivity contribution in [2.45, 2.75) is 31.8 Å². The second-order valence-corrected chi connectivity index (χ2v) is 6.12. The number of aliphatic hydroxyl groups is 1. The molecule has 0 radical (unpaired) electrons. The summed E-state index contributed by atoms with van der Waals surface area (Å²) in [7, 11) is 0. The highest BCUT2D eigenvalue weighted by atomic mass is 35.5. The minimum atomic E-state index is -0.917. The molecule has 3 aromatic heterocycles. The van der Waals surface area contributed by atoms with Crippen LogP contribution >= 0.6 is 11.6 Å². The van der Waals surface area contributed by atoms with E-state index in [9.17, 15) is 9.50 Å². The normalized spacial score (nSPS) is 20.2. The minimum absolute atomic E-state index is 0.0445. The number of rotatable bonds is 2. The average molecular weight is 333 g/mol. The predicted molar refractivity (Wildman–Crippen MR) is 84.1 cm³/mol. The first-order valence-corrected chi connectivity index (χ1v) is 7.82. The van der Waals surface area contributed by atoms with Crippen LogP contribution in [0.5, 0.6) is 0 Å². The fraction of sp³-hybridized carbons (Fsp3) is 0.312. The molecule has 118 valence electrons. The minimum Gasteiger partial charge on any atom is -0.384 e. The zero-order chi connectivity index (χ0) is 16.2. The van der Waals surface area contributed by atoms with Crippen molar-refractivity contribution in [3.05, 3.63) is 46.9 Å². The van der Waals surface area contributed by atoms with E-state index >= 15 is 0 Å². The van der Waals surface area contributed by atoms with Gasteiger partial charge in [0.2, 0.25) is 5.28 Å². The first-order chi connectivity index (χ1) is 11.0. The van der Waals surface area contributed by atoms with Gasteiger partial charge in [-0.05, 0) is 42.5 Å². The molecule has 0 unspecified atom stereocenters. The van der Waals surface area contributed by atoms with Gasteiger partial charge in [-0.1, -0.05) is 13.0 Å². The molecule has 0 fully saturated rings. The second-order valence-electron chi connectivity index (χ2n) is 5.79. The van der Waals surface area contributed by atoms with Crippen LogP contribution in [0.1, 0.15) is 31.0 Å². The van der Waals surface area contributed by atoms with E-state index in [0.29, 0.717) is 30.0 Å². The Hall–Kier alpha value is -2.05. The SMILES string of the molecule is CC[C@]1(O)CCc2ccc(-n3cc(F)c4cnc(Cl)nc43)nc21. The first-order valence-electron chi connectivity index (χ1n) is 7.44. The number of pyridine rings is 1. The van der Waals surface area contributed by atoms with Crippen LogP contribution in [0.4, 0.5) is 4.39 Å². The lowest BCUT2D eigenvalue weighted by molar-refractivity contribution is 0.0306. The zero-order valence-electron chi connectivity index (χ0n) is 12.4. The smallest absolute Gasteiger partial charge is 0.224 e. The molecule has 0 bridgehead atoms. The van der Waals surface area contributed by atoms with Gasteiger partial charge < -0.3 is 5.11 Å². The van der Waals surface area contributed by atoms with Gasteiger partial charge in [0.05, 0.1) is 11.1 Å². The molecule has 0 aliphatic heterocycles. The Morgan fingerprint density at radius 3 is 3.00 bits per heavy atom. The van der Waals surface area contributed by atoms with E-state index in [1.54, 1.807) is 6.07 Å². The molecule has 7 heteroatoms. The van der Waals surface area contributed by atoms with Gasteiger partial charge in [0.25, 0.3) is 0 Å². The number of fused-ring (bicyclic) bond motifs is 2. The molecule has 0 saturated carbocycles. The molecule has 3 aromatic rings. The topological polar surface area (TPSA) is 63.8 Å². The highest BCUT2D eigenvalue weighted by molar-refractivity contribution is 6.28. The largest absolute Gasteiger partial charge is 0.384 e. The van der Waals surface area contributed by atoms with E-state index in [2.05, 4.69) is 15.0 Å². The standard InChI is InChI=1S/C16H14ClFN4O/c1-2-16(23)6-5-9-3-4-12(20-13(9)16)22-8-11(18)10-7-19-15(17)21-14(10)22/h3-4,7-8,23H,2,5-6H2,1H3/t16-/m0/s1. The Labute approximate surface area is 136 Å². The average Bonchev–Trinajstić information content (AvgIpc) is 3.06. The summed E-state index contributed by atoms with van der Waals surface area (Å²) in [4.78, 5) is 12.5. The lowest BCUT2D eigenvalue weighted by Crippen LogP contribution is -2.22. The van der Waals surface area contributed by atoms with Crippen LogP contribution in [-0.2, 0) is 12.0 Å². The summed E-state index contributed by atoms with van der Waals surface area (Å²) in [6, 6.07) is 3.73. The highest BCUT2D eigenvalue weighted by Crippen LogP contribution is 2.38. The van der Waals surface area contributed by atoms with Crippen LogP contribution in [-0.4, -0.2) is 24.6 Å². The van der Waals surface area contributed by atoms with Crippen LogP contribution in [0.2, 0.25) is 5.28 Å². The first kappa shape index (κ1) is 14.5. The number of nitrogens with zero attached hydrogens (tertiary/aromatic N) is 4. The van der Waals surface area contributed by atoms with Gasteiger partial charge in [0.15, 0.2) is 11.5 Å². The van der Waals surface area contributed by atoms with Gasteiger partial charge in [0.1, 0.15) is 11.4 Å². The molecule has 4 rings (SSSR count). The summed E-state index contributed by atoms with van der Waals surface area (Å²) in [6.45, 7) is 1.93. The highest BCUT2D eigenvalue weighted by Gasteiger charge is 2.36.